The maximum absolute atomic E-state index is 12.2. The highest BCUT2D eigenvalue weighted by atomic mass is 16.7. The van der Waals surface area contributed by atoms with Crippen LogP contribution in [0, 0.1) is 0 Å². The van der Waals surface area contributed by atoms with E-state index in [1.165, 1.54) is 39.0 Å². The number of likely N-dealkylation sites (tertiary alicyclic amines) is 1. The number of carbonyl (C=O) groups is 2. The first-order valence-electron chi connectivity index (χ1n) is 14.2. The van der Waals surface area contributed by atoms with Gasteiger partial charge in [-0.15, -0.1) is 0 Å². The smallest absolute Gasteiger partial charge is 0.303 e. The molecule has 2 fully saturated rings. The van der Waals surface area contributed by atoms with E-state index >= 15 is 0 Å². The Bertz CT molecular complexity index is 1050. The Morgan fingerprint density at radius 2 is 1.56 bits per heavy atom. The third kappa shape index (κ3) is 8.86. The van der Waals surface area contributed by atoms with Crippen molar-refractivity contribution in [1.29, 1.82) is 0 Å². The summed E-state index contributed by atoms with van der Waals surface area (Å²) < 4.78 is 17.9. The number of esters is 1. The molecule has 2 aromatic rings. The molecule has 2 aliphatic heterocycles. The number of nitrogens with one attached hydrogen (secondary N) is 1. The van der Waals surface area contributed by atoms with Crippen molar-refractivity contribution in [3.63, 3.8) is 0 Å². The Labute approximate surface area is 231 Å². The fourth-order valence-electron chi connectivity index (χ4n) is 5.24. The van der Waals surface area contributed by atoms with Crippen LogP contribution in [0.3, 0.4) is 0 Å². The molecule has 8 heteroatoms. The predicted molar refractivity (Wildman–Crippen MR) is 147 cm³/mol. The normalized spacial score (nSPS) is 23.3. The molecule has 0 unspecified atom stereocenters. The monoisotopic (exact) mass is 538 g/mol. The average molecular weight is 539 g/mol. The maximum Gasteiger partial charge on any atom is 0.303 e. The summed E-state index contributed by atoms with van der Waals surface area (Å²) in [5, 5.41) is 12.3. The number of aliphatic hydroxyl groups is 1. The number of hydrogen-bond donors (Lipinski definition) is 2. The Hall–Kier alpha value is -2.78. The first-order chi connectivity index (χ1) is 18.9. The van der Waals surface area contributed by atoms with E-state index in [-0.39, 0.29) is 24.7 Å². The zero-order valence-corrected chi connectivity index (χ0v) is 23.1. The molecule has 2 saturated heterocycles. The first kappa shape index (κ1) is 29.2. The lowest BCUT2D eigenvalue weighted by atomic mass is 9.99. The molecule has 2 N–H and O–H groups in total. The molecule has 4 rings (SSSR count). The van der Waals surface area contributed by atoms with Crippen LogP contribution in [-0.2, 0) is 37.0 Å². The van der Waals surface area contributed by atoms with Gasteiger partial charge in [0.2, 0.25) is 0 Å². The van der Waals surface area contributed by atoms with Crippen molar-refractivity contribution in [2.24, 2.45) is 0 Å². The van der Waals surface area contributed by atoms with Crippen LogP contribution in [0.25, 0.3) is 0 Å². The van der Waals surface area contributed by atoms with E-state index in [0.717, 1.165) is 48.3 Å². The van der Waals surface area contributed by atoms with E-state index in [2.05, 4.69) is 10.2 Å². The predicted octanol–water partition coefficient (Wildman–Crippen LogP) is 4.56. The van der Waals surface area contributed by atoms with Crippen molar-refractivity contribution in [2.45, 2.75) is 90.1 Å². The van der Waals surface area contributed by atoms with Crippen LogP contribution in [0.4, 0.5) is 0 Å². The fourth-order valence-corrected chi connectivity index (χ4v) is 5.24. The lowest BCUT2D eigenvalue weighted by Gasteiger charge is -2.38. The number of hydrogen-bond acceptors (Lipinski definition) is 7. The van der Waals surface area contributed by atoms with Crippen molar-refractivity contribution in [3.8, 4) is 0 Å². The average Bonchev–Trinajstić information content (AvgIpc) is 2.93. The summed E-state index contributed by atoms with van der Waals surface area (Å²) in [7, 11) is 0. The van der Waals surface area contributed by atoms with Crippen LogP contribution in [0.5, 0.6) is 0 Å². The van der Waals surface area contributed by atoms with Crippen molar-refractivity contribution < 1.29 is 28.9 Å². The standard InChI is InChI=1S/C31H42N2O6/c1-22(37-23(2)35)30(36)32-19-24-8-14-27(15-9-24)31-38-28(20-33-16-6-4-3-5-7-17-33)18-29(39-31)26-12-10-25(21-34)11-13-26/h8-15,22,28-29,31,34H,3-7,16-21H2,1-2H3,(H,32,36)/t22-,28+,29-,31-/m0/s1. The molecule has 8 nitrogen and oxygen atoms in total. The second-order valence-electron chi connectivity index (χ2n) is 10.6. The molecular formula is C31H42N2O6. The summed E-state index contributed by atoms with van der Waals surface area (Å²) in [5.41, 5.74) is 3.81. The Morgan fingerprint density at radius 3 is 2.21 bits per heavy atom. The van der Waals surface area contributed by atoms with Crippen molar-refractivity contribution in [3.05, 3.63) is 70.8 Å². The van der Waals surface area contributed by atoms with E-state index in [9.17, 15) is 14.7 Å². The van der Waals surface area contributed by atoms with Gasteiger partial charge in [0.05, 0.1) is 18.8 Å². The lowest BCUT2D eigenvalue weighted by molar-refractivity contribution is -0.253. The molecule has 0 bridgehead atoms. The molecule has 39 heavy (non-hydrogen) atoms. The largest absolute Gasteiger partial charge is 0.453 e. The van der Waals surface area contributed by atoms with Gasteiger partial charge in [0.1, 0.15) is 0 Å². The van der Waals surface area contributed by atoms with Crippen LogP contribution in [0.2, 0.25) is 0 Å². The van der Waals surface area contributed by atoms with E-state index in [1.807, 2.05) is 48.5 Å². The number of amides is 1. The lowest BCUT2D eigenvalue weighted by Crippen LogP contribution is -2.40. The topological polar surface area (TPSA) is 97.3 Å². The summed E-state index contributed by atoms with van der Waals surface area (Å²) in [5.74, 6) is -0.822. The van der Waals surface area contributed by atoms with Crippen molar-refractivity contribution in [2.75, 3.05) is 19.6 Å². The van der Waals surface area contributed by atoms with Crippen LogP contribution in [0.15, 0.2) is 48.5 Å². The van der Waals surface area contributed by atoms with Gasteiger partial charge in [0, 0.05) is 32.0 Å². The van der Waals surface area contributed by atoms with Gasteiger partial charge in [-0.2, -0.15) is 0 Å². The second-order valence-corrected chi connectivity index (χ2v) is 10.6. The van der Waals surface area contributed by atoms with E-state index in [1.54, 1.807) is 6.92 Å². The molecule has 4 atom stereocenters. The molecule has 2 aromatic carbocycles. The van der Waals surface area contributed by atoms with Gasteiger partial charge >= 0.3 is 5.97 Å². The molecule has 2 heterocycles. The van der Waals surface area contributed by atoms with Crippen molar-refractivity contribution >= 4 is 11.9 Å². The zero-order valence-electron chi connectivity index (χ0n) is 23.1. The molecule has 0 aromatic heterocycles. The molecule has 0 spiro atoms. The van der Waals surface area contributed by atoms with E-state index in [0.29, 0.717) is 6.54 Å². The molecule has 212 valence electrons. The van der Waals surface area contributed by atoms with Gasteiger partial charge in [0.15, 0.2) is 12.4 Å². The second kappa shape index (κ2) is 14.6. The SMILES string of the molecule is CC(=O)O[C@@H](C)C(=O)NCc1ccc([C@H]2O[C@@H](CN3CCCCCCC3)C[C@@H](c3ccc(CO)cc3)O2)cc1. The molecule has 1 amide bonds. The Morgan fingerprint density at radius 1 is 0.949 bits per heavy atom. The quantitative estimate of drug-likeness (QED) is 0.452. The van der Waals surface area contributed by atoms with Crippen LogP contribution >= 0.6 is 0 Å². The Balaban J connectivity index is 1.43. The minimum Gasteiger partial charge on any atom is -0.453 e. The zero-order chi connectivity index (χ0) is 27.6. The molecular weight excluding hydrogens is 496 g/mol. The molecule has 2 aliphatic rings. The van der Waals surface area contributed by atoms with E-state index in [4.69, 9.17) is 14.2 Å². The summed E-state index contributed by atoms with van der Waals surface area (Å²) in [6, 6.07) is 15.8. The summed E-state index contributed by atoms with van der Waals surface area (Å²) >= 11 is 0. The van der Waals surface area contributed by atoms with Crippen LogP contribution in [0.1, 0.15) is 87.0 Å². The van der Waals surface area contributed by atoms with Gasteiger partial charge in [-0.05, 0) is 49.5 Å². The summed E-state index contributed by atoms with van der Waals surface area (Å²) in [6.45, 7) is 6.28. The van der Waals surface area contributed by atoms with Gasteiger partial charge in [-0.3, -0.25) is 9.59 Å². The third-order valence-corrected chi connectivity index (χ3v) is 7.46. The van der Waals surface area contributed by atoms with E-state index < -0.39 is 18.4 Å². The van der Waals surface area contributed by atoms with Crippen LogP contribution < -0.4 is 5.32 Å². The number of nitrogens with zero attached hydrogens (tertiary/aromatic N) is 1. The highest BCUT2D eigenvalue weighted by molar-refractivity contribution is 5.82. The number of carbonyl (C=O) groups excluding carboxylic acids is 2. The van der Waals surface area contributed by atoms with Crippen LogP contribution in [-0.4, -0.2) is 53.7 Å². The minimum atomic E-state index is -0.834. The fraction of sp³-hybridized carbons (Fsp3) is 0.548. The number of benzene rings is 2. The van der Waals surface area contributed by atoms with Gasteiger partial charge in [0.25, 0.3) is 5.91 Å². The molecule has 0 aliphatic carbocycles. The number of rotatable bonds is 9. The van der Waals surface area contributed by atoms with Gasteiger partial charge in [-0.1, -0.05) is 67.8 Å². The highest BCUT2D eigenvalue weighted by Crippen LogP contribution is 2.38. The third-order valence-electron chi connectivity index (χ3n) is 7.46. The Kier molecular flexibility index (Phi) is 10.9. The minimum absolute atomic E-state index is 0.0184. The molecule has 0 saturated carbocycles. The van der Waals surface area contributed by atoms with Gasteiger partial charge < -0.3 is 29.5 Å². The maximum atomic E-state index is 12.2. The summed E-state index contributed by atoms with van der Waals surface area (Å²) in [4.78, 5) is 25.8. The highest BCUT2D eigenvalue weighted by Gasteiger charge is 2.33. The van der Waals surface area contributed by atoms with Crippen molar-refractivity contribution in [1.82, 2.24) is 10.2 Å². The first-order valence-corrected chi connectivity index (χ1v) is 14.2. The number of ether oxygens (including phenoxy) is 3. The number of aliphatic hydroxyl groups excluding tert-OH is 1. The molecule has 0 radical (unpaired) electrons. The summed E-state index contributed by atoms with van der Waals surface area (Å²) in [6.07, 6.45) is 5.74. The van der Waals surface area contributed by atoms with Gasteiger partial charge in [-0.25, -0.2) is 0 Å².